The fourth-order valence-corrected chi connectivity index (χ4v) is 4.91. The summed E-state index contributed by atoms with van der Waals surface area (Å²) in [5.74, 6) is -0.334. The first-order chi connectivity index (χ1) is 16.7. The fraction of sp³-hybridized carbons (Fsp3) is 0.333. The number of fused-ring (bicyclic) bond motifs is 2. The lowest BCUT2D eigenvalue weighted by atomic mass is 9.87. The highest BCUT2D eigenvalue weighted by atomic mass is 16.2. The number of rotatable bonds is 5. The summed E-state index contributed by atoms with van der Waals surface area (Å²) in [7, 11) is 0. The van der Waals surface area contributed by atoms with Crippen LogP contribution in [-0.2, 0) is 33.5 Å². The van der Waals surface area contributed by atoms with Crippen molar-refractivity contribution in [2.24, 2.45) is 0 Å². The minimum atomic E-state index is -1.07. The molecule has 2 aromatic carbocycles. The molecule has 1 aromatic heterocycles. The summed E-state index contributed by atoms with van der Waals surface area (Å²) >= 11 is 0. The molecule has 0 saturated carbocycles. The maximum Gasteiger partial charge on any atom is 0.325 e. The molecule has 1 unspecified atom stereocenters. The molecule has 0 bridgehead atoms. The van der Waals surface area contributed by atoms with Gasteiger partial charge in [0.25, 0.3) is 5.91 Å². The van der Waals surface area contributed by atoms with Crippen molar-refractivity contribution in [2.75, 3.05) is 11.9 Å². The second-order valence-electron chi connectivity index (χ2n) is 10.3. The molecule has 1 atom stereocenters. The van der Waals surface area contributed by atoms with Gasteiger partial charge in [0.1, 0.15) is 17.9 Å². The molecule has 1 spiro atoms. The normalized spacial score (nSPS) is 19.2. The van der Waals surface area contributed by atoms with Crippen LogP contribution in [0, 0.1) is 0 Å². The maximum absolute atomic E-state index is 13.3. The number of nitrogens with one attached hydrogen (secondary N) is 2. The summed E-state index contributed by atoms with van der Waals surface area (Å²) in [5, 5.41) is 9.97. The summed E-state index contributed by atoms with van der Waals surface area (Å²) in [6.07, 6.45) is 2.81. The Bertz CT molecular complexity index is 1300. The van der Waals surface area contributed by atoms with Crippen molar-refractivity contribution in [3.05, 3.63) is 83.0 Å². The van der Waals surface area contributed by atoms with E-state index in [9.17, 15) is 14.4 Å². The van der Waals surface area contributed by atoms with Gasteiger partial charge in [-0.15, -0.1) is 0 Å². The van der Waals surface area contributed by atoms with Crippen molar-refractivity contribution >= 4 is 23.7 Å². The summed E-state index contributed by atoms with van der Waals surface area (Å²) in [5.41, 5.74) is 3.15. The van der Waals surface area contributed by atoms with Gasteiger partial charge in [-0.25, -0.2) is 9.48 Å². The summed E-state index contributed by atoms with van der Waals surface area (Å²) in [6.45, 7) is 6.63. The van der Waals surface area contributed by atoms with E-state index in [0.29, 0.717) is 25.2 Å². The molecule has 8 heteroatoms. The molecule has 2 aliphatic rings. The average Bonchev–Trinajstić information content (AvgIpc) is 3.48. The third-order valence-corrected chi connectivity index (χ3v) is 6.86. The number of anilines is 1. The lowest BCUT2D eigenvalue weighted by molar-refractivity contribution is -0.134. The molecule has 3 aromatic rings. The van der Waals surface area contributed by atoms with Crippen LogP contribution in [-0.4, -0.2) is 39.1 Å². The predicted molar refractivity (Wildman–Crippen MR) is 132 cm³/mol. The Balaban J connectivity index is 1.26. The Morgan fingerprint density at radius 1 is 1.09 bits per heavy atom. The van der Waals surface area contributed by atoms with E-state index in [1.165, 1.54) is 5.56 Å². The predicted octanol–water partition coefficient (Wildman–Crippen LogP) is 3.56. The van der Waals surface area contributed by atoms with Gasteiger partial charge < -0.3 is 10.6 Å². The van der Waals surface area contributed by atoms with Crippen molar-refractivity contribution in [3.63, 3.8) is 0 Å². The monoisotopic (exact) mass is 471 g/mol. The molecular formula is C27H29N5O3. The molecule has 4 amide bonds. The number of carbonyl (C=O) groups is 3. The first kappa shape index (κ1) is 22.8. The summed E-state index contributed by atoms with van der Waals surface area (Å²) in [6, 6.07) is 17.1. The van der Waals surface area contributed by atoms with Crippen molar-refractivity contribution in [2.45, 2.75) is 51.1 Å². The molecule has 5 rings (SSSR count). The molecule has 180 valence electrons. The van der Waals surface area contributed by atoms with Crippen LogP contribution in [0.3, 0.4) is 0 Å². The smallest absolute Gasteiger partial charge is 0.319 e. The zero-order valence-electron chi connectivity index (χ0n) is 20.2. The van der Waals surface area contributed by atoms with Gasteiger partial charge in [0.2, 0.25) is 5.91 Å². The third-order valence-electron chi connectivity index (χ3n) is 6.86. The van der Waals surface area contributed by atoms with Gasteiger partial charge in [-0.1, -0.05) is 69.3 Å². The zero-order valence-corrected chi connectivity index (χ0v) is 20.2. The molecule has 1 fully saturated rings. The van der Waals surface area contributed by atoms with Crippen molar-refractivity contribution in [1.29, 1.82) is 0 Å². The van der Waals surface area contributed by atoms with Gasteiger partial charge in [-0.2, -0.15) is 5.10 Å². The van der Waals surface area contributed by atoms with E-state index in [2.05, 4.69) is 60.8 Å². The van der Waals surface area contributed by atoms with E-state index in [0.717, 1.165) is 21.6 Å². The number of hydrogen-bond acceptors (Lipinski definition) is 4. The highest BCUT2D eigenvalue weighted by Gasteiger charge is 2.55. The summed E-state index contributed by atoms with van der Waals surface area (Å²) < 4.78 is 1.69. The van der Waals surface area contributed by atoms with Crippen LogP contribution in [0.1, 0.15) is 49.4 Å². The zero-order chi connectivity index (χ0) is 24.8. The number of hydrogen-bond donors (Lipinski definition) is 2. The number of nitrogens with zero attached hydrogens (tertiary/aromatic N) is 3. The van der Waals surface area contributed by atoms with Gasteiger partial charge in [0, 0.05) is 6.07 Å². The number of benzene rings is 2. The highest BCUT2D eigenvalue weighted by molar-refractivity contribution is 6.10. The largest absolute Gasteiger partial charge is 0.325 e. The molecular weight excluding hydrogens is 442 g/mol. The lowest BCUT2D eigenvalue weighted by Gasteiger charge is -2.22. The number of aromatic nitrogens is 2. The van der Waals surface area contributed by atoms with Crippen LogP contribution in [0.5, 0.6) is 0 Å². The topological polar surface area (TPSA) is 96.3 Å². The minimum absolute atomic E-state index is 0.0712. The van der Waals surface area contributed by atoms with Crippen LogP contribution < -0.4 is 10.6 Å². The molecule has 8 nitrogen and oxygen atoms in total. The Morgan fingerprint density at radius 2 is 1.83 bits per heavy atom. The molecule has 0 radical (unpaired) electrons. The Morgan fingerprint density at radius 3 is 2.57 bits per heavy atom. The van der Waals surface area contributed by atoms with Gasteiger partial charge >= 0.3 is 6.03 Å². The second kappa shape index (κ2) is 8.37. The van der Waals surface area contributed by atoms with Crippen LogP contribution in [0.15, 0.2) is 60.8 Å². The van der Waals surface area contributed by atoms with Crippen LogP contribution in [0.2, 0.25) is 0 Å². The van der Waals surface area contributed by atoms with Crippen LogP contribution in [0.4, 0.5) is 10.6 Å². The van der Waals surface area contributed by atoms with E-state index < -0.39 is 17.5 Å². The number of amides is 4. The SMILES string of the molecule is CC(C)(C)c1ccc(Cn2nccc2NC(=O)CN2C(=O)NC3(CCc4ccccc43)C2=O)cc1. The van der Waals surface area contributed by atoms with E-state index >= 15 is 0 Å². The number of urea groups is 1. The quantitative estimate of drug-likeness (QED) is 0.556. The standard InChI is InChI=1S/C27H29N5O3/c1-26(2,3)20-10-8-18(9-11-20)16-32-22(13-15-28-32)29-23(33)17-31-24(34)27(30-25(31)35)14-12-19-6-4-5-7-21(19)27/h4-11,13,15H,12,14,16-17H2,1-3H3,(H,29,33)(H,30,35). The van der Waals surface area contributed by atoms with Gasteiger partial charge in [0.15, 0.2) is 0 Å². The second-order valence-corrected chi connectivity index (χ2v) is 10.3. The number of carbonyl (C=O) groups excluding carboxylic acids is 3. The number of aryl methyl sites for hydroxylation is 1. The van der Waals surface area contributed by atoms with Crippen LogP contribution in [0.25, 0.3) is 0 Å². The third kappa shape index (κ3) is 4.09. The Kier molecular flexibility index (Phi) is 5.46. The molecule has 1 aliphatic heterocycles. The molecule has 1 aliphatic carbocycles. The highest BCUT2D eigenvalue weighted by Crippen LogP contribution is 2.41. The van der Waals surface area contributed by atoms with Crippen molar-refractivity contribution < 1.29 is 14.4 Å². The van der Waals surface area contributed by atoms with Gasteiger partial charge in [-0.3, -0.25) is 14.5 Å². The van der Waals surface area contributed by atoms with Gasteiger partial charge in [0.05, 0.1) is 12.7 Å². The van der Waals surface area contributed by atoms with E-state index in [1.54, 1.807) is 16.9 Å². The minimum Gasteiger partial charge on any atom is -0.319 e. The first-order valence-corrected chi connectivity index (χ1v) is 11.8. The molecule has 2 N–H and O–H groups in total. The van der Waals surface area contributed by atoms with E-state index in [-0.39, 0.29) is 17.9 Å². The Labute approximate surface area is 204 Å². The fourth-order valence-electron chi connectivity index (χ4n) is 4.91. The first-order valence-electron chi connectivity index (χ1n) is 11.8. The molecule has 1 saturated heterocycles. The van der Waals surface area contributed by atoms with Crippen LogP contribution >= 0.6 is 0 Å². The van der Waals surface area contributed by atoms with Crippen molar-refractivity contribution in [1.82, 2.24) is 20.0 Å². The van der Waals surface area contributed by atoms with Gasteiger partial charge in [-0.05, 0) is 40.5 Å². The average molecular weight is 472 g/mol. The van der Waals surface area contributed by atoms with E-state index in [4.69, 9.17) is 0 Å². The lowest BCUT2D eigenvalue weighted by Crippen LogP contribution is -2.43. The number of imide groups is 1. The van der Waals surface area contributed by atoms with E-state index in [1.807, 2.05) is 24.3 Å². The maximum atomic E-state index is 13.3. The summed E-state index contributed by atoms with van der Waals surface area (Å²) in [4.78, 5) is 39.8. The van der Waals surface area contributed by atoms with Crippen molar-refractivity contribution in [3.8, 4) is 0 Å². The molecule has 35 heavy (non-hydrogen) atoms. The molecule has 2 heterocycles. The Hall–Kier alpha value is -3.94.